The van der Waals surface area contributed by atoms with Crippen LogP contribution in [0.4, 0.5) is 4.39 Å². The van der Waals surface area contributed by atoms with Crippen LogP contribution in [0.5, 0.6) is 0 Å². The van der Waals surface area contributed by atoms with Crippen molar-refractivity contribution in [2.75, 3.05) is 0 Å². The molecule has 1 heterocycles. The first-order chi connectivity index (χ1) is 7.66. The van der Waals surface area contributed by atoms with Crippen molar-refractivity contribution < 1.29 is 9.50 Å². The molecule has 2 rings (SSSR count). The van der Waals surface area contributed by atoms with Gasteiger partial charge in [0.25, 0.3) is 0 Å². The zero-order chi connectivity index (χ0) is 11.5. The first-order valence-electron chi connectivity index (χ1n) is 5.08. The van der Waals surface area contributed by atoms with E-state index in [2.05, 4.69) is 5.10 Å². The molecule has 0 spiro atoms. The lowest BCUT2D eigenvalue weighted by molar-refractivity contribution is 0.172. The van der Waals surface area contributed by atoms with Gasteiger partial charge in [0.05, 0.1) is 11.8 Å². The van der Waals surface area contributed by atoms with Crippen LogP contribution in [-0.2, 0) is 13.5 Å². The molecule has 1 N–H and O–H groups in total. The highest BCUT2D eigenvalue weighted by Crippen LogP contribution is 2.19. The van der Waals surface area contributed by atoms with E-state index < -0.39 is 6.10 Å². The van der Waals surface area contributed by atoms with E-state index in [4.69, 9.17) is 0 Å². The van der Waals surface area contributed by atoms with Crippen molar-refractivity contribution in [2.24, 2.45) is 7.05 Å². The maximum atomic E-state index is 13.4. The molecule has 1 aromatic carbocycles. The number of aryl methyl sites for hydroxylation is 1. The molecular weight excluding hydrogens is 207 g/mol. The highest BCUT2D eigenvalue weighted by atomic mass is 19.1. The summed E-state index contributed by atoms with van der Waals surface area (Å²) in [5.41, 5.74) is 1.06. The first kappa shape index (κ1) is 10.8. The Morgan fingerprint density at radius 2 is 2.12 bits per heavy atom. The predicted octanol–water partition coefficient (Wildman–Crippen LogP) is 1.84. The molecule has 1 atom stereocenters. The van der Waals surface area contributed by atoms with Gasteiger partial charge in [-0.05, 0) is 12.1 Å². The highest BCUT2D eigenvalue weighted by Gasteiger charge is 2.13. The third-order valence-electron chi connectivity index (χ3n) is 2.44. The fraction of sp³-hybridized carbons (Fsp3) is 0.250. The molecule has 1 aromatic heterocycles. The number of nitrogens with zero attached hydrogens (tertiary/aromatic N) is 2. The molecule has 0 aliphatic heterocycles. The average Bonchev–Trinajstić information content (AvgIpc) is 2.64. The van der Waals surface area contributed by atoms with Gasteiger partial charge in [-0.2, -0.15) is 5.10 Å². The number of halogens is 1. The SMILES string of the molecule is Cn1ccc(CC(O)c2ccccc2F)n1. The summed E-state index contributed by atoms with van der Waals surface area (Å²) in [5, 5.41) is 14.0. The van der Waals surface area contributed by atoms with Crippen LogP contribution in [0.2, 0.25) is 0 Å². The maximum Gasteiger partial charge on any atom is 0.129 e. The molecule has 2 aromatic rings. The summed E-state index contributed by atoms with van der Waals surface area (Å²) >= 11 is 0. The van der Waals surface area contributed by atoms with Gasteiger partial charge in [0.2, 0.25) is 0 Å². The Kier molecular flexibility index (Phi) is 3.01. The van der Waals surface area contributed by atoms with Gasteiger partial charge in [-0.25, -0.2) is 4.39 Å². The lowest BCUT2D eigenvalue weighted by Gasteiger charge is -2.09. The van der Waals surface area contributed by atoms with E-state index in [1.807, 2.05) is 6.07 Å². The number of aliphatic hydroxyl groups excluding tert-OH is 1. The summed E-state index contributed by atoms with van der Waals surface area (Å²) < 4.78 is 15.0. The molecule has 0 aliphatic rings. The second-order valence-corrected chi connectivity index (χ2v) is 3.72. The second kappa shape index (κ2) is 4.45. The van der Waals surface area contributed by atoms with Gasteiger partial charge >= 0.3 is 0 Å². The summed E-state index contributed by atoms with van der Waals surface area (Å²) in [6.07, 6.45) is 1.27. The summed E-state index contributed by atoms with van der Waals surface area (Å²) in [5.74, 6) is -0.383. The van der Waals surface area contributed by atoms with Gasteiger partial charge in [-0.3, -0.25) is 4.68 Å². The van der Waals surface area contributed by atoms with Gasteiger partial charge in [0.1, 0.15) is 5.82 Å². The smallest absolute Gasteiger partial charge is 0.129 e. The zero-order valence-corrected chi connectivity index (χ0v) is 8.97. The zero-order valence-electron chi connectivity index (χ0n) is 8.97. The number of aliphatic hydroxyl groups is 1. The third-order valence-corrected chi connectivity index (χ3v) is 2.44. The maximum absolute atomic E-state index is 13.4. The summed E-state index contributed by atoms with van der Waals surface area (Å²) in [7, 11) is 1.80. The lowest BCUT2D eigenvalue weighted by Crippen LogP contribution is -2.05. The normalized spacial score (nSPS) is 12.7. The van der Waals surface area contributed by atoms with Crippen LogP contribution in [-0.4, -0.2) is 14.9 Å². The van der Waals surface area contributed by atoms with Crippen molar-refractivity contribution in [3.05, 3.63) is 53.6 Å². The van der Waals surface area contributed by atoms with Crippen molar-refractivity contribution in [3.8, 4) is 0 Å². The molecule has 0 amide bonds. The Labute approximate surface area is 93.2 Å². The Morgan fingerprint density at radius 1 is 1.38 bits per heavy atom. The second-order valence-electron chi connectivity index (χ2n) is 3.72. The Hall–Kier alpha value is -1.68. The lowest BCUT2D eigenvalue weighted by atomic mass is 10.0. The van der Waals surface area contributed by atoms with Crippen LogP contribution in [0.3, 0.4) is 0 Å². The fourth-order valence-electron chi connectivity index (χ4n) is 1.63. The van der Waals surface area contributed by atoms with Gasteiger partial charge < -0.3 is 5.11 Å². The van der Waals surface area contributed by atoms with Crippen LogP contribution in [0.15, 0.2) is 36.5 Å². The van der Waals surface area contributed by atoms with E-state index in [0.29, 0.717) is 12.0 Å². The van der Waals surface area contributed by atoms with E-state index in [1.165, 1.54) is 6.07 Å². The van der Waals surface area contributed by atoms with Crippen LogP contribution in [0.1, 0.15) is 17.4 Å². The van der Waals surface area contributed by atoms with Crippen molar-refractivity contribution in [2.45, 2.75) is 12.5 Å². The van der Waals surface area contributed by atoms with Gasteiger partial charge in [0, 0.05) is 25.2 Å². The van der Waals surface area contributed by atoms with Gasteiger partial charge in [0.15, 0.2) is 0 Å². The number of rotatable bonds is 3. The number of hydrogen-bond acceptors (Lipinski definition) is 2. The van der Waals surface area contributed by atoms with Crippen LogP contribution in [0, 0.1) is 5.82 Å². The van der Waals surface area contributed by atoms with Crippen molar-refractivity contribution in [1.29, 1.82) is 0 Å². The molecule has 0 saturated carbocycles. The van der Waals surface area contributed by atoms with E-state index >= 15 is 0 Å². The quantitative estimate of drug-likeness (QED) is 0.857. The van der Waals surface area contributed by atoms with Crippen LogP contribution in [0.25, 0.3) is 0 Å². The molecule has 16 heavy (non-hydrogen) atoms. The van der Waals surface area contributed by atoms with E-state index in [9.17, 15) is 9.50 Å². The average molecular weight is 220 g/mol. The molecular formula is C12H13FN2O. The van der Waals surface area contributed by atoms with Crippen molar-refractivity contribution in [1.82, 2.24) is 9.78 Å². The molecule has 0 fully saturated rings. The molecule has 84 valence electrons. The molecule has 0 saturated heterocycles. The molecule has 3 nitrogen and oxygen atoms in total. The molecule has 4 heteroatoms. The fourth-order valence-corrected chi connectivity index (χ4v) is 1.63. The minimum Gasteiger partial charge on any atom is -0.388 e. The Balaban J connectivity index is 2.14. The Morgan fingerprint density at radius 3 is 2.75 bits per heavy atom. The van der Waals surface area contributed by atoms with Crippen LogP contribution < -0.4 is 0 Å². The first-order valence-corrected chi connectivity index (χ1v) is 5.08. The minimum absolute atomic E-state index is 0.313. The van der Waals surface area contributed by atoms with E-state index in [-0.39, 0.29) is 5.82 Å². The third kappa shape index (κ3) is 2.28. The number of hydrogen-bond donors (Lipinski definition) is 1. The summed E-state index contributed by atoms with van der Waals surface area (Å²) in [6, 6.07) is 8.05. The number of benzene rings is 1. The standard InChI is InChI=1S/C12H13FN2O/c1-15-7-6-9(14-15)8-12(16)10-4-2-3-5-11(10)13/h2-7,12,16H,8H2,1H3. The molecule has 0 bridgehead atoms. The van der Waals surface area contributed by atoms with Crippen molar-refractivity contribution in [3.63, 3.8) is 0 Å². The summed E-state index contributed by atoms with van der Waals surface area (Å²) in [6.45, 7) is 0. The minimum atomic E-state index is -0.851. The highest BCUT2D eigenvalue weighted by molar-refractivity contribution is 5.21. The van der Waals surface area contributed by atoms with Gasteiger partial charge in [-0.1, -0.05) is 18.2 Å². The number of aromatic nitrogens is 2. The molecule has 0 aliphatic carbocycles. The summed E-state index contributed by atoms with van der Waals surface area (Å²) in [4.78, 5) is 0. The predicted molar refractivity (Wildman–Crippen MR) is 58.3 cm³/mol. The topological polar surface area (TPSA) is 38.0 Å². The van der Waals surface area contributed by atoms with Gasteiger partial charge in [-0.15, -0.1) is 0 Å². The van der Waals surface area contributed by atoms with E-state index in [1.54, 1.807) is 36.1 Å². The molecule has 0 radical (unpaired) electrons. The largest absolute Gasteiger partial charge is 0.388 e. The molecule has 1 unspecified atom stereocenters. The monoisotopic (exact) mass is 220 g/mol. The van der Waals surface area contributed by atoms with Crippen LogP contribution >= 0.6 is 0 Å². The van der Waals surface area contributed by atoms with E-state index in [0.717, 1.165) is 5.69 Å². The Bertz CT molecular complexity index is 481. The van der Waals surface area contributed by atoms with Crippen molar-refractivity contribution >= 4 is 0 Å².